The average Bonchev–Trinajstić information content (AvgIpc) is 2.52. The number of amides is 2. The van der Waals surface area contributed by atoms with Gasteiger partial charge < -0.3 is 10.6 Å². The van der Waals surface area contributed by atoms with E-state index >= 15 is 0 Å². The molecule has 2 N–H and O–H groups in total. The number of nitrogens with one attached hydrogen (secondary N) is 2. The summed E-state index contributed by atoms with van der Waals surface area (Å²) in [5.74, 6) is -1.35. The van der Waals surface area contributed by atoms with Crippen LogP contribution < -0.4 is 10.6 Å². The van der Waals surface area contributed by atoms with Crippen LogP contribution in [0.2, 0.25) is 0 Å². The van der Waals surface area contributed by atoms with Crippen LogP contribution in [-0.2, 0) is 17.1 Å². The second kappa shape index (κ2) is 7.29. The number of anilines is 2. The van der Waals surface area contributed by atoms with Crippen molar-refractivity contribution in [2.75, 3.05) is 10.6 Å². The molecule has 4 nitrogen and oxygen atoms in total. The summed E-state index contributed by atoms with van der Waals surface area (Å²) in [5, 5.41) is 4.42. The Morgan fingerprint density at radius 3 is 1.81 bits per heavy atom. The molecule has 0 radical (unpaired) electrons. The Morgan fingerprint density at radius 1 is 0.778 bits per heavy atom. The lowest BCUT2D eigenvalue weighted by Crippen LogP contribution is -2.16. The Labute approximate surface area is 149 Å². The number of carbonyl (C=O) groups is 2. The second-order valence-corrected chi connectivity index (χ2v) is 5.51. The van der Waals surface area contributed by atoms with Crippen molar-refractivity contribution in [1.82, 2.24) is 0 Å². The first kappa shape index (κ1) is 20.3. The third-order valence-corrected chi connectivity index (χ3v) is 3.29. The SMILES string of the molecule is CC(=O)Nc1cccc(C(=O)Nc2cc(C(F)(F)F)cc(C(F)(F)F)c2)c1. The standard InChI is InChI=1S/C17H12F6N2O2/c1-9(26)24-13-4-2-3-10(5-13)15(27)25-14-7-11(16(18,19)20)6-12(8-14)17(21,22)23/h2-8H,1H3,(H,24,26)(H,25,27). The van der Waals surface area contributed by atoms with E-state index in [2.05, 4.69) is 5.32 Å². The monoisotopic (exact) mass is 390 g/mol. The highest BCUT2D eigenvalue weighted by molar-refractivity contribution is 6.05. The average molecular weight is 390 g/mol. The van der Waals surface area contributed by atoms with E-state index in [9.17, 15) is 35.9 Å². The summed E-state index contributed by atoms with van der Waals surface area (Å²) < 4.78 is 77.1. The lowest BCUT2D eigenvalue weighted by molar-refractivity contribution is -0.143. The molecule has 0 saturated carbocycles. The molecule has 0 aliphatic rings. The second-order valence-electron chi connectivity index (χ2n) is 5.51. The minimum Gasteiger partial charge on any atom is -0.326 e. The van der Waals surface area contributed by atoms with E-state index in [-0.39, 0.29) is 17.3 Å². The summed E-state index contributed by atoms with van der Waals surface area (Å²) in [5.41, 5.74) is -3.56. The Balaban J connectivity index is 2.36. The maximum absolute atomic E-state index is 12.9. The number of rotatable bonds is 3. The molecule has 2 aromatic rings. The number of hydrogen-bond acceptors (Lipinski definition) is 2. The predicted molar refractivity (Wildman–Crippen MR) is 85.1 cm³/mol. The van der Waals surface area contributed by atoms with Crippen LogP contribution in [0.3, 0.4) is 0 Å². The molecule has 0 heterocycles. The molecule has 0 fully saturated rings. The van der Waals surface area contributed by atoms with Crippen LogP contribution in [0.1, 0.15) is 28.4 Å². The van der Waals surface area contributed by atoms with Crippen LogP contribution in [0.25, 0.3) is 0 Å². The highest BCUT2D eigenvalue weighted by atomic mass is 19.4. The molecule has 0 unspecified atom stereocenters. The van der Waals surface area contributed by atoms with Crippen molar-refractivity contribution in [3.8, 4) is 0 Å². The summed E-state index contributed by atoms with van der Waals surface area (Å²) in [4.78, 5) is 23.2. The van der Waals surface area contributed by atoms with E-state index in [1.54, 1.807) is 0 Å². The van der Waals surface area contributed by atoms with Crippen LogP contribution in [0.4, 0.5) is 37.7 Å². The van der Waals surface area contributed by atoms with Crippen molar-refractivity contribution in [3.05, 3.63) is 59.2 Å². The fraction of sp³-hybridized carbons (Fsp3) is 0.176. The number of halogens is 6. The fourth-order valence-electron chi connectivity index (χ4n) is 2.17. The number of hydrogen-bond donors (Lipinski definition) is 2. The molecule has 0 atom stereocenters. The van der Waals surface area contributed by atoms with Crippen LogP contribution in [0.15, 0.2) is 42.5 Å². The summed E-state index contributed by atoms with van der Waals surface area (Å²) in [6, 6.07) is 6.16. The van der Waals surface area contributed by atoms with Gasteiger partial charge in [0.25, 0.3) is 5.91 Å². The molecular weight excluding hydrogens is 378 g/mol. The minimum atomic E-state index is -5.02. The van der Waals surface area contributed by atoms with Gasteiger partial charge in [0.1, 0.15) is 0 Å². The summed E-state index contributed by atoms with van der Waals surface area (Å²) in [7, 11) is 0. The maximum atomic E-state index is 12.9. The van der Waals surface area contributed by atoms with Gasteiger partial charge in [0.05, 0.1) is 11.1 Å². The van der Waals surface area contributed by atoms with Gasteiger partial charge in [-0.05, 0) is 36.4 Å². The van der Waals surface area contributed by atoms with Crippen molar-refractivity contribution in [2.24, 2.45) is 0 Å². The van der Waals surface area contributed by atoms with Crippen LogP contribution in [-0.4, -0.2) is 11.8 Å². The molecule has 2 amide bonds. The largest absolute Gasteiger partial charge is 0.416 e. The predicted octanol–water partition coefficient (Wildman–Crippen LogP) is 4.93. The molecule has 2 rings (SSSR count). The molecule has 144 valence electrons. The molecule has 2 aromatic carbocycles. The first-order chi connectivity index (χ1) is 12.4. The molecule has 10 heteroatoms. The van der Waals surface area contributed by atoms with Gasteiger partial charge in [0, 0.05) is 23.9 Å². The van der Waals surface area contributed by atoms with E-state index in [0.29, 0.717) is 12.1 Å². The Bertz CT molecular complexity index is 842. The van der Waals surface area contributed by atoms with E-state index in [1.165, 1.54) is 31.2 Å². The van der Waals surface area contributed by atoms with Gasteiger partial charge in [-0.25, -0.2) is 0 Å². The van der Waals surface area contributed by atoms with Crippen molar-refractivity contribution < 1.29 is 35.9 Å². The lowest BCUT2D eigenvalue weighted by atomic mass is 10.1. The highest BCUT2D eigenvalue weighted by Crippen LogP contribution is 2.37. The zero-order valence-electron chi connectivity index (χ0n) is 13.6. The van der Waals surface area contributed by atoms with Crippen LogP contribution >= 0.6 is 0 Å². The zero-order valence-corrected chi connectivity index (χ0v) is 13.6. The van der Waals surface area contributed by atoms with Crippen molar-refractivity contribution in [3.63, 3.8) is 0 Å². The minimum absolute atomic E-state index is 0.0347. The van der Waals surface area contributed by atoms with E-state index in [0.717, 1.165) is 0 Å². The van der Waals surface area contributed by atoms with E-state index < -0.39 is 41.0 Å². The van der Waals surface area contributed by atoms with Gasteiger partial charge in [0.2, 0.25) is 5.91 Å². The van der Waals surface area contributed by atoms with Crippen molar-refractivity contribution >= 4 is 23.2 Å². The first-order valence-corrected chi connectivity index (χ1v) is 7.35. The first-order valence-electron chi connectivity index (χ1n) is 7.35. The lowest BCUT2D eigenvalue weighted by Gasteiger charge is -2.15. The van der Waals surface area contributed by atoms with Gasteiger partial charge in [0.15, 0.2) is 0 Å². The molecule has 0 bridgehead atoms. The van der Waals surface area contributed by atoms with Gasteiger partial charge in [-0.1, -0.05) is 6.07 Å². The van der Waals surface area contributed by atoms with E-state index in [1.807, 2.05) is 5.32 Å². The Morgan fingerprint density at radius 2 is 1.33 bits per heavy atom. The number of carbonyl (C=O) groups excluding carboxylic acids is 2. The third kappa shape index (κ3) is 5.47. The topological polar surface area (TPSA) is 58.2 Å². The molecule has 0 aromatic heterocycles. The quantitative estimate of drug-likeness (QED) is 0.730. The summed E-state index contributed by atoms with van der Waals surface area (Å²) in [6.45, 7) is 1.23. The van der Waals surface area contributed by atoms with Crippen LogP contribution in [0, 0.1) is 0 Å². The van der Waals surface area contributed by atoms with Gasteiger partial charge >= 0.3 is 12.4 Å². The normalized spacial score (nSPS) is 11.8. The van der Waals surface area contributed by atoms with Gasteiger partial charge in [-0.15, -0.1) is 0 Å². The summed E-state index contributed by atoms with van der Waals surface area (Å²) in [6.07, 6.45) is -10.0. The molecule has 0 aliphatic heterocycles. The Kier molecular flexibility index (Phi) is 5.48. The Hall–Kier alpha value is -3.04. The molecular formula is C17H12F6N2O2. The molecule has 27 heavy (non-hydrogen) atoms. The molecule has 0 saturated heterocycles. The fourth-order valence-corrected chi connectivity index (χ4v) is 2.17. The summed E-state index contributed by atoms with van der Waals surface area (Å²) >= 11 is 0. The van der Waals surface area contributed by atoms with Crippen molar-refractivity contribution in [1.29, 1.82) is 0 Å². The van der Waals surface area contributed by atoms with E-state index in [4.69, 9.17) is 0 Å². The van der Waals surface area contributed by atoms with Crippen LogP contribution in [0.5, 0.6) is 0 Å². The van der Waals surface area contributed by atoms with Gasteiger partial charge in [-0.3, -0.25) is 9.59 Å². The van der Waals surface area contributed by atoms with Gasteiger partial charge in [-0.2, -0.15) is 26.3 Å². The number of benzene rings is 2. The third-order valence-electron chi connectivity index (χ3n) is 3.29. The molecule has 0 spiro atoms. The maximum Gasteiger partial charge on any atom is 0.416 e. The molecule has 0 aliphatic carbocycles. The highest BCUT2D eigenvalue weighted by Gasteiger charge is 2.37. The zero-order chi connectivity index (χ0) is 20.4. The number of alkyl halides is 6. The smallest absolute Gasteiger partial charge is 0.326 e. The van der Waals surface area contributed by atoms with Crippen molar-refractivity contribution in [2.45, 2.75) is 19.3 Å².